The minimum absolute atomic E-state index is 0.674. The maximum absolute atomic E-state index is 2.45. The Morgan fingerprint density at radius 2 is 1.62 bits per heavy atom. The third-order valence-corrected chi connectivity index (χ3v) is 2.96. The van der Waals surface area contributed by atoms with Gasteiger partial charge < -0.3 is 0 Å². The van der Waals surface area contributed by atoms with Crippen molar-refractivity contribution in [1.29, 1.82) is 0 Å². The molecule has 1 heteroatoms. The van der Waals surface area contributed by atoms with Crippen LogP contribution in [0.15, 0.2) is 35.5 Å². The van der Waals surface area contributed by atoms with E-state index in [4.69, 9.17) is 0 Å². The number of hydrogen-bond donors (Lipinski definition) is 0. The second-order valence-corrected chi connectivity index (χ2v) is 3.27. The zero-order chi connectivity index (χ0) is 5.56. The summed E-state index contributed by atoms with van der Waals surface area (Å²) in [5.74, 6) is 0. The first kappa shape index (κ1) is 4.79. The molecule has 0 aromatic heterocycles. The molecule has 0 saturated heterocycles. The standard InChI is InChI=1S/C7H5I/c8-7-5-1-2-6(7)4-3-5/h1-4,7H. The van der Waals surface area contributed by atoms with Gasteiger partial charge in [-0.1, -0.05) is 46.9 Å². The van der Waals surface area contributed by atoms with E-state index in [0.717, 1.165) is 0 Å². The fourth-order valence-electron chi connectivity index (χ4n) is 1.03. The molecule has 2 aliphatic carbocycles. The van der Waals surface area contributed by atoms with Crippen molar-refractivity contribution in [1.82, 2.24) is 0 Å². The van der Waals surface area contributed by atoms with Gasteiger partial charge in [-0.05, 0) is 11.1 Å². The quantitative estimate of drug-likeness (QED) is 0.430. The van der Waals surface area contributed by atoms with Gasteiger partial charge in [-0.2, -0.15) is 0 Å². The first-order chi connectivity index (χ1) is 3.88. The molecule has 0 unspecified atom stereocenters. The lowest BCUT2D eigenvalue weighted by Gasteiger charge is -1.95. The van der Waals surface area contributed by atoms with Crippen molar-refractivity contribution in [2.75, 3.05) is 0 Å². The number of allylic oxidation sites excluding steroid dienone is 6. The van der Waals surface area contributed by atoms with Crippen LogP contribution in [0.1, 0.15) is 0 Å². The third kappa shape index (κ3) is 0.452. The molecule has 0 amide bonds. The van der Waals surface area contributed by atoms with E-state index in [0.29, 0.717) is 3.92 Å². The molecular weight excluding hydrogens is 211 g/mol. The summed E-state index contributed by atoms with van der Waals surface area (Å²) < 4.78 is 0.674. The van der Waals surface area contributed by atoms with Gasteiger partial charge in [0.05, 0.1) is 3.92 Å². The monoisotopic (exact) mass is 216 g/mol. The number of fused-ring (bicyclic) bond motifs is 2. The molecule has 0 spiro atoms. The van der Waals surface area contributed by atoms with Crippen molar-refractivity contribution in [3.05, 3.63) is 35.5 Å². The second kappa shape index (κ2) is 1.47. The fourth-order valence-corrected chi connectivity index (χ4v) is 1.86. The van der Waals surface area contributed by atoms with Gasteiger partial charge in [-0.25, -0.2) is 0 Å². The van der Waals surface area contributed by atoms with Crippen LogP contribution >= 0.6 is 22.6 Å². The number of rotatable bonds is 0. The molecule has 0 heterocycles. The van der Waals surface area contributed by atoms with Gasteiger partial charge in [-0.15, -0.1) is 0 Å². The summed E-state index contributed by atoms with van der Waals surface area (Å²) >= 11 is 2.45. The maximum Gasteiger partial charge on any atom is 0.0608 e. The normalized spacial score (nSPS) is 24.1. The largest absolute Gasteiger partial charge is 0.0722 e. The maximum atomic E-state index is 2.45. The number of halogens is 1. The highest BCUT2D eigenvalue weighted by Crippen LogP contribution is 2.34. The van der Waals surface area contributed by atoms with Crippen LogP contribution in [-0.2, 0) is 0 Å². The molecule has 2 bridgehead atoms. The molecule has 0 radical (unpaired) electrons. The minimum Gasteiger partial charge on any atom is -0.0722 e. The van der Waals surface area contributed by atoms with Gasteiger partial charge in [0.1, 0.15) is 0 Å². The van der Waals surface area contributed by atoms with Crippen molar-refractivity contribution < 1.29 is 0 Å². The molecule has 0 aromatic carbocycles. The van der Waals surface area contributed by atoms with Gasteiger partial charge in [0.25, 0.3) is 0 Å². The van der Waals surface area contributed by atoms with Crippen LogP contribution in [0.4, 0.5) is 0 Å². The lowest BCUT2D eigenvalue weighted by molar-refractivity contribution is 1.40. The molecule has 0 nitrogen and oxygen atoms in total. The predicted molar refractivity (Wildman–Crippen MR) is 43.1 cm³/mol. The summed E-state index contributed by atoms with van der Waals surface area (Å²) in [6, 6.07) is 0. The van der Waals surface area contributed by atoms with E-state index >= 15 is 0 Å². The zero-order valence-electron chi connectivity index (χ0n) is 4.26. The van der Waals surface area contributed by atoms with E-state index in [1.165, 1.54) is 11.1 Å². The predicted octanol–water partition coefficient (Wildman–Crippen LogP) is 2.23. The Hall–Kier alpha value is -0.0500. The summed E-state index contributed by atoms with van der Waals surface area (Å²) in [6.07, 6.45) is 8.75. The van der Waals surface area contributed by atoms with Gasteiger partial charge in [0.2, 0.25) is 0 Å². The molecule has 0 saturated carbocycles. The van der Waals surface area contributed by atoms with E-state index in [9.17, 15) is 0 Å². The number of hydrogen-bond acceptors (Lipinski definition) is 0. The van der Waals surface area contributed by atoms with Crippen LogP contribution in [0.5, 0.6) is 0 Å². The van der Waals surface area contributed by atoms with Crippen LogP contribution < -0.4 is 0 Å². The zero-order valence-corrected chi connectivity index (χ0v) is 6.42. The first-order valence-corrected chi connectivity index (χ1v) is 3.86. The number of alkyl halides is 1. The average Bonchev–Trinajstić information content (AvgIpc) is 2.29. The highest BCUT2D eigenvalue weighted by atomic mass is 127. The fraction of sp³-hybridized carbons (Fsp3) is 0.143. The minimum atomic E-state index is 0.674. The van der Waals surface area contributed by atoms with E-state index in [2.05, 4.69) is 46.9 Å². The summed E-state index contributed by atoms with van der Waals surface area (Å²) in [4.78, 5) is 0. The molecule has 0 atom stereocenters. The molecule has 0 N–H and O–H groups in total. The second-order valence-electron chi connectivity index (χ2n) is 2.03. The van der Waals surface area contributed by atoms with Crippen molar-refractivity contribution in [2.24, 2.45) is 0 Å². The lowest BCUT2D eigenvalue weighted by atomic mass is 10.3. The summed E-state index contributed by atoms with van der Waals surface area (Å²) in [6.45, 7) is 0. The summed E-state index contributed by atoms with van der Waals surface area (Å²) in [5, 5.41) is 0. The Labute approximate surface area is 62.1 Å². The van der Waals surface area contributed by atoms with Crippen LogP contribution in [0.3, 0.4) is 0 Å². The van der Waals surface area contributed by atoms with Crippen molar-refractivity contribution >= 4 is 22.6 Å². The van der Waals surface area contributed by atoms with Gasteiger partial charge >= 0.3 is 0 Å². The van der Waals surface area contributed by atoms with Crippen LogP contribution in [-0.4, -0.2) is 3.92 Å². The van der Waals surface area contributed by atoms with E-state index < -0.39 is 0 Å². The topological polar surface area (TPSA) is 0 Å². The van der Waals surface area contributed by atoms with Crippen molar-refractivity contribution in [3.63, 3.8) is 0 Å². The lowest BCUT2D eigenvalue weighted by Crippen LogP contribution is -1.89. The molecule has 40 valence electrons. The van der Waals surface area contributed by atoms with E-state index in [-0.39, 0.29) is 0 Å². The SMILES string of the molecule is IC1C2=CC=C1C=C2. The van der Waals surface area contributed by atoms with Gasteiger partial charge in [0, 0.05) is 0 Å². The van der Waals surface area contributed by atoms with E-state index in [1.54, 1.807) is 0 Å². The summed E-state index contributed by atoms with van der Waals surface area (Å²) in [5.41, 5.74) is 2.92. The molecule has 8 heavy (non-hydrogen) atoms. The van der Waals surface area contributed by atoms with Crippen molar-refractivity contribution in [2.45, 2.75) is 3.92 Å². The highest BCUT2D eigenvalue weighted by Gasteiger charge is 2.20. The van der Waals surface area contributed by atoms with Gasteiger partial charge in [-0.3, -0.25) is 0 Å². The Bertz CT molecular complexity index is 186. The Morgan fingerprint density at radius 1 is 1.12 bits per heavy atom. The van der Waals surface area contributed by atoms with Gasteiger partial charge in [0.15, 0.2) is 0 Å². The molecule has 0 fully saturated rings. The smallest absolute Gasteiger partial charge is 0.0608 e. The molecule has 2 rings (SSSR count). The Balaban J connectivity index is 2.57. The first-order valence-electron chi connectivity index (χ1n) is 2.62. The molecular formula is C7H5I. The van der Waals surface area contributed by atoms with E-state index in [1.807, 2.05) is 0 Å². The van der Waals surface area contributed by atoms with Crippen LogP contribution in [0, 0.1) is 0 Å². The third-order valence-electron chi connectivity index (χ3n) is 1.52. The molecule has 2 aliphatic rings. The summed E-state index contributed by atoms with van der Waals surface area (Å²) in [7, 11) is 0. The highest BCUT2D eigenvalue weighted by molar-refractivity contribution is 14.1. The Morgan fingerprint density at radius 3 is 1.75 bits per heavy atom. The Kier molecular flexibility index (Phi) is 0.879. The van der Waals surface area contributed by atoms with Crippen molar-refractivity contribution in [3.8, 4) is 0 Å². The molecule has 0 aliphatic heterocycles. The molecule has 0 aromatic rings. The van der Waals surface area contributed by atoms with Crippen LogP contribution in [0.2, 0.25) is 0 Å². The average molecular weight is 216 g/mol. The van der Waals surface area contributed by atoms with Crippen LogP contribution in [0.25, 0.3) is 0 Å².